The Balaban J connectivity index is 0.00000225. The van der Waals surface area contributed by atoms with Crippen molar-refractivity contribution in [2.75, 3.05) is 19.6 Å². The molecular formula is C19H28IN5. The summed E-state index contributed by atoms with van der Waals surface area (Å²) >= 11 is 0. The van der Waals surface area contributed by atoms with E-state index < -0.39 is 0 Å². The maximum atomic E-state index is 6.17. The molecule has 1 aliphatic rings. The average Bonchev–Trinajstić information content (AvgIpc) is 2.86. The van der Waals surface area contributed by atoms with Gasteiger partial charge in [0.1, 0.15) is 5.82 Å². The van der Waals surface area contributed by atoms with Crippen LogP contribution in [0.15, 0.2) is 47.7 Å². The molecule has 0 saturated carbocycles. The lowest BCUT2D eigenvalue weighted by Gasteiger charge is -2.21. The summed E-state index contributed by atoms with van der Waals surface area (Å²) < 4.78 is 2.19. The van der Waals surface area contributed by atoms with Gasteiger partial charge in [0.2, 0.25) is 0 Å². The first kappa shape index (κ1) is 19.8. The van der Waals surface area contributed by atoms with Crippen LogP contribution in [-0.4, -0.2) is 40.0 Å². The molecule has 1 aliphatic heterocycles. The summed E-state index contributed by atoms with van der Waals surface area (Å²) in [6.07, 6.45) is 9.76. The third kappa shape index (κ3) is 6.02. The molecule has 0 bridgehead atoms. The Morgan fingerprint density at radius 2 is 1.80 bits per heavy atom. The minimum absolute atomic E-state index is 0. The van der Waals surface area contributed by atoms with Gasteiger partial charge in [-0.05, 0) is 18.4 Å². The lowest BCUT2D eigenvalue weighted by atomic mass is 10.2. The van der Waals surface area contributed by atoms with Crippen LogP contribution in [0.4, 0.5) is 0 Å². The fourth-order valence-electron chi connectivity index (χ4n) is 3.16. The standard InChI is InChI=1S/C19H27N5.HI/c20-19(23-13-6-1-2-7-14-23)22-11-10-18-21-12-15-24(18)16-17-8-4-3-5-9-17;/h3-5,8-9,12,15H,1-2,6-7,10-11,13-14,16H2,(H2,20,22);1H. The van der Waals surface area contributed by atoms with E-state index in [0.717, 1.165) is 31.9 Å². The number of guanidine groups is 1. The van der Waals surface area contributed by atoms with Crippen molar-refractivity contribution in [1.82, 2.24) is 14.5 Å². The Kier molecular flexibility index (Phi) is 8.24. The summed E-state index contributed by atoms with van der Waals surface area (Å²) in [7, 11) is 0. The molecule has 0 atom stereocenters. The Morgan fingerprint density at radius 3 is 2.52 bits per heavy atom. The van der Waals surface area contributed by atoms with Crippen molar-refractivity contribution in [2.24, 2.45) is 10.7 Å². The quantitative estimate of drug-likeness (QED) is 0.430. The van der Waals surface area contributed by atoms with Gasteiger partial charge in [0, 0.05) is 45.0 Å². The van der Waals surface area contributed by atoms with E-state index in [1.54, 1.807) is 0 Å². The molecule has 0 aliphatic carbocycles. The highest BCUT2D eigenvalue weighted by Gasteiger charge is 2.11. The molecule has 0 amide bonds. The Morgan fingerprint density at radius 1 is 1.08 bits per heavy atom. The first-order valence-corrected chi connectivity index (χ1v) is 8.92. The third-order valence-corrected chi connectivity index (χ3v) is 4.54. The normalized spacial score (nSPS) is 15.5. The Hall–Kier alpha value is -1.57. The van der Waals surface area contributed by atoms with Crippen LogP contribution in [0.25, 0.3) is 0 Å². The Labute approximate surface area is 167 Å². The van der Waals surface area contributed by atoms with Crippen molar-refractivity contribution < 1.29 is 0 Å². The molecule has 0 unspecified atom stereocenters. The van der Waals surface area contributed by atoms with Crippen molar-refractivity contribution >= 4 is 29.9 Å². The zero-order valence-corrected chi connectivity index (χ0v) is 17.0. The number of hydrogen-bond acceptors (Lipinski definition) is 2. The van der Waals surface area contributed by atoms with Crippen LogP contribution in [0.3, 0.4) is 0 Å². The van der Waals surface area contributed by atoms with Crippen molar-refractivity contribution in [3.63, 3.8) is 0 Å². The molecule has 2 aromatic rings. The number of nitrogens with two attached hydrogens (primary N) is 1. The third-order valence-electron chi connectivity index (χ3n) is 4.54. The fourth-order valence-corrected chi connectivity index (χ4v) is 3.16. The molecule has 1 saturated heterocycles. The second-order valence-electron chi connectivity index (χ2n) is 6.35. The highest BCUT2D eigenvalue weighted by atomic mass is 127. The van der Waals surface area contributed by atoms with E-state index >= 15 is 0 Å². The molecule has 136 valence electrons. The topological polar surface area (TPSA) is 59.4 Å². The fraction of sp³-hybridized carbons (Fsp3) is 0.474. The van der Waals surface area contributed by atoms with Crippen molar-refractivity contribution in [2.45, 2.75) is 38.6 Å². The summed E-state index contributed by atoms with van der Waals surface area (Å²) in [6, 6.07) is 10.5. The van der Waals surface area contributed by atoms with Gasteiger partial charge in [-0.3, -0.25) is 4.99 Å². The molecule has 1 aromatic heterocycles. The van der Waals surface area contributed by atoms with E-state index in [9.17, 15) is 0 Å². The number of rotatable bonds is 5. The second kappa shape index (κ2) is 10.4. The molecule has 6 heteroatoms. The molecule has 2 heterocycles. The van der Waals surface area contributed by atoms with Gasteiger partial charge in [-0.2, -0.15) is 0 Å². The van der Waals surface area contributed by atoms with Gasteiger partial charge in [-0.25, -0.2) is 4.98 Å². The maximum absolute atomic E-state index is 6.17. The monoisotopic (exact) mass is 453 g/mol. The van der Waals surface area contributed by atoms with E-state index in [2.05, 4.69) is 43.7 Å². The molecular weight excluding hydrogens is 425 g/mol. The van der Waals surface area contributed by atoms with Crippen LogP contribution >= 0.6 is 24.0 Å². The number of imidazole rings is 1. The van der Waals surface area contributed by atoms with Crippen LogP contribution in [0.2, 0.25) is 0 Å². The number of halogens is 1. The smallest absolute Gasteiger partial charge is 0.191 e. The number of likely N-dealkylation sites (tertiary alicyclic amines) is 1. The molecule has 25 heavy (non-hydrogen) atoms. The molecule has 1 aromatic carbocycles. The summed E-state index contributed by atoms with van der Waals surface area (Å²) in [6.45, 7) is 3.62. The largest absolute Gasteiger partial charge is 0.370 e. The van der Waals surface area contributed by atoms with Crippen LogP contribution in [-0.2, 0) is 13.0 Å². The SMILES string of the molecule is I.NC(=NCCc1nccn1Cc1ccccc1)N1CCCCCC1. The van der Waals surface area contributed by atoms with E-state index in [-0.39, 0.29) is 24.0 Å². The first-order valence-electron chi connectivity index (χ1n) is 8.92. The van der Waals surface area contributed by atoms with Gasteiger partial charge in [0.15, 0.2) is 5.96 Å². The Bertz CT molecular complexity index is 645. The summed E-state index contributed by atoms with van der Waals surface area (Å²) in [5, 5.41) is 0. The lowest BCUT2D eigenvalue weighted by molar-refractivity contribution is 0.428. The highest BCUT2D eigenvalue weighted by molar-refractivity contribution is 14.0. The summed E-state index contributed by atoms with van der Waals surface area (Å²) in [5.74, 6) is 1.75. The minimum Gasteiger partial charge on any atom is -0.370 e. The van der Waals surface area contributed by atoms with Gasteiger partial charge < -0.3 is 15.2 Å². The average molecular weight is 453 g/mol. The van der Waals surface area contributed by atoms with Gasteiger partial charge in [0.05, 0.1) is 0 Å². The maximum Gasteiger partial charge on any atom is 0.191 e. The predicted octanol–water partition coefficient (Wildman–Crippen LogP) is 3.28. The van der Waals surface area contributed by atoms with Gasteiger partial charge >= 0.3 is 0 Å². The number of nitrogens with zero attached hydrogens (tertiary/aromatic N) is 4. The van der Waals surface area contributed by atoms with E-state index in [4.69, 9.17) is 5.73 Å². The van der Waals surface area contributed by atoms with Crippen LogP contribution in [0.5, 0.6) is 0 Å². The highest BCUT2D eigenvalue weighted by Crippen LogP contribution is 2.09. The van der Waals surface area contributed by atoms with Crippen molar-refractivity contribution in [3.8, 4) is 0 Å². The zero-order valence-electron chi connectivity index (χ0n) is 14.7. The van der Waals surface area contributed by atoms with Crippen molar-refractivity contribution in [1.29, 1.82) is 0 Å². The van der Waals surface area contributed by atoms with Crippen LogP contribution in [0, 0.1) is 0 Å². The molecule has 0 radical (unpaired) electrons. The summed E-state index contributed by atoms with van der Waals surface area (Å²) in [4.78, 5) is 11.3. The number of benzene rings is 1. The van der Waals surface area contributed by atoms with E-state index in [0.29, 0.717) is 12.5 Å². The lowest BCUT2D eigenvalue weighted by Crippen LogP contribution is -2.38. The number of hydrogen-bond donors (Lipinski definition) is 1. The number of aliphatic imine (C=N–C) groups is 1. The van der Waals surface area contributed by atoms with E-state index in [1.165, 1.54) is 31.2 Å². The first-order chi connectivity index (χ1) is 11.8. The zero-order chi connectivity index (χ0) is 16.6. The molecule has 2 N–H and O–H groups in total. The van der Waals surface area contributed by atoms with Crippen molar-refractivity contribution in [3.05, 3.63) is 54.1 Å². The second-order valence-corrected chi connectivity index (χ2v) is 6.35. The molecule has 3 rings (SSSR count). The van der Waals surface area contributed by atoms with Gasteiger partial charge in [0.25, 0.3) is 0 Å². The predicted molar refractivity (Wildman–Crippen MR) is 113 cm³/mol. The van der Waals surface area contributed by atoms with Crippen LogP contribution in [0.1, 0.15) is 37.1 Å². The van der Waals surface area contributed by atoms with E-state index in [1.807, 2.05) is 18.5 Å². The molecule has 5 nitrogen and oxygen atoms in total. The molecule has 0 spiro atoms. The van der Waals surface area contributed by atoms with Crippen LogP contribution < -0.4 is 5.73 Å². The van der Waals surface area contributed by atoms with Gasteiger partial charge in [-0.1, -0.05) is 43.2 Å². The van der Waals surface area contributed by atoms with Gasteiger partial charge in [-0.15, -0.1) is 24.0 Å². The number of aromatic nitrogens is 2. The minimum atomic E-state index is 0. The summed E-state index contributed by atoms with van der Waals surface area (Å²) in [5.41, 5.74) is 7.45. The molecule has 1 fully saturated rings.